The molecule has 2 aromatic rings. The van der Waals surface area contributed by atoms with E-state index >= 15 is 0 Å². The maximum absolute atomic E-state index is 12.9. The summed E-state index contributed by atoms with van der Waals surface area (Å²) in [5.74, 6) is 0. The van der Waals surface area contributed by atoms with Crippen LogP contribution in [0.25, 0.3) is 0 Å². The van der Waals surface area contributed by atoms with Crippen molar-refractivity contribution in [3.63, 3.8) is 0 Å². The van der Waals surface area contributed by atoms with Gasteiger partial charge in [0, 0.05) is 37.7 Å². The zero-order valence-corrected chi connectivity index (χ0v) is 17.4. The van der Waals surface area contributed by atoms with Gasteiger partial charge in [-0.15, -0.1) is 12.4 Å². The fraction of sp³-hybridized carbons (Fsp3) is 0.368. The summed E-state index contributed by atoms with van der Waals surface area (Å²) < 4.78 is 27.3. The van der Waals surface area contributed by atoms with Crippen molar-refractivity contribution in [3.05, 3.63) is 64.2 Å². The Labute approximate surface area is 167 Å². The zero-order chi connectivity index (χ0) is 18.0. The lowest BCUT2D eigenvalue weighted by atomic mass is 10.1. The molecule has 2 aromatic carbocycles. The Bertz CT molecular complexity index is 864. The van der Waals surface area contributed by atoms with Crippen LogP contribution in [0.2, 0.25) is 5.02 Å². The highest BCUT2D eigenvalue weighted by molar-refractivity contribution is 7.89. The third kappa shape index (κ3) is 4.78. The van der Waals surface area contributed by atoms with Crippen molar-refractivity contribution in [1.82, 2.24) is 9.21 Å². The molecular weight excluding hydrogens is 391 g/mol. The number of hydrogen-bond acceptors (Lipinski definition) is 3. The first-order chi connectivity index (χ1) is 11.9. The molecule has 0 aromatic heterocycles. The van der Waals surface area contributed by atoms with Gasteiger partial charge in [-0.05, 0) is 54.8 Å². The Kier molecular flexibility index (Phi) is 7.11. The lowest BCUT2D eigenvalue weighted by molar-refractivity contribution is 0.181. The third-order valence-corrected chi connectivity index (χ3v) is 6.87. The van der Waals surface area contributed by atoms with Gasteiger partial charge in [0.05, 0.1) is 4.90 Å². The first-order valence-corrected chi connectivity index (χ1v) is 10.2. The molecule has 0 aliphatic carbocycles. The Hall–Kier alpha value is -1.11. The molecule has 0 spiro atoms. The van der Waals surface area contributed by atoms with E-state index in [-0.39, 0.29) is 12.4 Å². The molecule has 1 heterocycles. The normalized spacial score (nSPS) is 16.3. The van der Waals surface area contributed by atoms with Crippen LogP contribution in [0.3, 0.4) is 0 Å². The Morgan fingerprint density at radius 2 is 1.65 bits per heavy atom. The molecule has 1 fully saturated rings. The summed E-state index contributed by atoms with van der Waals surface area (Å²) in [6, 6.07) is 13.2. The maximum Gasteiger partial charge on any atom is 0.243 e. The number of sulfonamides is 1. The van der Waals surface area contributed by atoms with Gasteiger partial charge in [0.15, 0.2) is 0 Å². The second kappa shape index (κ2) is 8.72. The van der Waals surface area contributed by atoms with Crippen LogP contribution in [0.15, 0.2) is 47.4 Å². The lowest BCUT2D eigenvalue weighted by Gasteiger charge is -2.34. The van der Waals surface area contributed by atoms with Crippen LogP contribution in [0, 0.1) is 13.8 Å². The number of benzene rings is 2. The number of rotatable bonds is 4. The van der Waals surface area contributed by atoms with Crippen LogP contribution >= 0.6 is 24.0 Å². The van der Waals surface area contributed by atoms with Gasteiger partial charge in [0.25, 0.3) is 0 Å². The van der Waals surface area contributed by atoms with E-state index in [2.05, 4.69) is 4.90 Å². The topological polar surface area (TPSA) is 40.6 Å². The van der Waals surface area contributed by atoms with E-state index in [0.717, 1.165) is 41.3 Å². The second-order valence-electron chi connectivity index (χ2n) is 6.56. The van der Waals surface area contributed by atoms with Gasteiger partial charge >= 0.3 is 0 Å². The van der Waals surface area contributed by atoms with Crippen LogP contribution in [-0.4, -0.2) is 43.8 Å². The van der Waals surface area contributed by atoms with E-state index in [4.69, 9.17) is 11.6 Å². The van der Waals surface area contributed by atoms with E-state index in [1.54, 1.807) is 16.4 Å². The Balaban J connectivity index is 0.00000243. The molecule has 0 atom stereocenters. The van der Waals surface area contributed by atoms with Crippen molar-refractivity contribution in [2.45, 2.75) is 25.3 Å². The van der Waals surface area contributed by atoms with E-state index in [1.807, 2.05) is 44.2 Å². The molecular formula is C19H24Cl2N2O2S. The van der Waals surface area contributed by atoms with E-state index < -0.39 is 10.0 Å². The lowest BCUT2D eigenvalue weighted by Crippen LogP contribution is -2.48. The Morgan fingerprint density at radius 3 is 2.27 bits per heavy atom. The van der Waals surface area contributed by atoms with Crippen LogP contribution in [0.4, 0.5) is 0 Å². The summed E-state index contributed by atoms with van der Waals surface area (Å²) in [6.07, 6.45) is 0. The minimum Gasteiger partial charge on any atom is -0.296 e. The van der Waals surface area contributed by atoms with Gasteiger partial charge in [-0.2, -0.15) is 4.31 Å². The van der Waals surface area contributed by atoms with Crippen LogP contribution in [0.5, 0.6) is 0 Å². The summed E-state index contributed by atoms with van der Waals surface area (Å²) in [5.41, 5.74) is 3.25. The number of aryl methyl sites for hydroxylation is 2. The number of nitrogens with zero attached hydrogens (tertiary/aromatic N) is 2. The molecule has 3 rings (SSSR count). The summed E-state index contributed by atoms with van der Waals surface area (Å²) in [6.45, 7) is 7.18. The molecule has 4 nitrogen and oxygen atoms in total. The molecule has 0 radical (unpaired) electrons. The Morgan fingerprint density at radius 1 is 0.962 bits per heavy atom. The SMILES string of the molecule is Cc1ccc(S(=O)(=O)N2CCN(Cc3cccc(Cl)c3)CC2)cc1C.Cl. The first-order valence-electron chi connectivity index (χ1n) is 8.40. The molecule has 0 amide bonds. The fourth-order valence-electron chi connectivity index (χ4n) is 3.04. The standard InChI is InChI=1S/C19H23ClN2O2S.ClH/c1-15-6-7-19(12-16(15)2)25(23,24)22-10-8-21(9-11-22)14-17-4-3-5-18(20)13-17;/h3-7,12-13H,8-11,14H2,1-2H3;1H. The van der Waals surface area contributed by atoms with Crippen molar-refractivity contribution in [3.8, 4) is 0 Å². The fourth-order valence-corrected chi connectivity index (χ4v) is 4.77. The van der Waals surface area contributed by atoms with Gasteiger partial charge < -0.3 is 0 Å². The first kappa shape index (κ1) is 21.2. The van der Waals surface area contributed by atoms with Crippen molar-refractivity contribution in [2.24, 2.45) is 0 Å². The predicted octanol–water partition coefficient (Wildman–Crippen LogP) is 3.89. The highest BCUT2D eigenvalue weighted by Gasteiger charge is 2.28. The van der Waals surface area contributed by atoms with E-state index in [9.17, 15) is 8.42 Å². The van der Waals surface area contributed by atoms with Crippen molar-refractivity contribution < 1.29 is 8.42 Å². The van der Waals surface area contributed by atoms with Crippen molar-refractivity contribution in [1.29, 1.82) is 0 Å². The van der Waals surface area contributed by atoms with Crippen LogP contribution in [-0.2, 0) is 16.6 Å². The minimum atomic E-state index is -3.42. The minimum absolute atomic E-state index is 0. The van der Waals surface area contributed by atoms with Gasteiger partial charge in [-0.1, -0.05) is 29.8 Å². The average Bonchev–Trinajstić information content (AvgIpc) is 2.58. The largest absolute Gasteiger partial charge is 0.296 e. The van der Waals surface area contributed by atoms with Crippen molar-refractivity contribution >= 4 is 34.0 Å². The molecule has 7 heteroatoms. The highest BCUT2D eigenvalue weighted by atomic mass is 35.5. The number of halogens is 2. The number of piperazine rings is 1. The smallest absolute Gasteiger partial charge is 0.243 e. The summed E-state index contributed by atoms with van der Waals surface area (Å²) in [7, 11) is -3.42. The molecule has 1 aliphatic heterocycles. The van der Waals surface area contributed by atoms with Gasteiger partial charge in [0.1, 0.15) is 0 Å². The molecule has 142 valence electrons. The summed E-state index contributed by atoms with van der Waals surface area (Å²) in [5, 5.41) is 0.730. The summed E-state index contributed by atoms with van der Waals surface area (Å²) >= 11 is 6.03. The third-order valence-electron chi connectivity index (χ3n) is 4.74. The summed E-state index contributed by atoms with van der Waals surface area (Å²) in [4.78, 5) is 2.65. The monoisotopic (exact) mass is 414 g/mol. The van der Waals surface area contributed by atoms with Gasteiger partial charge in [-0.25, -0.2) is 8.42 Å². The predicted molar refractivity (Wildman–Crippen MR) is 109 cm³/mol. The molecule has 1 saturated heterocycles. The quantitative estimate of drug-likeness (QED) is 0.761. The molecule has 0 N–H and O–H groups in total. The van der Waals surface area contributed by atoms with Crippen LogP contribution in [0.1, 0.15) is 16.7 Å². The van der Waals surface area contributed by atoms with Crippen molar-refractivity contribution in [2.75, 3.05) is 26.2 Å². The zero-order valence-electron chi connectivity index (χ0n) is 15.0. The molecule has 0 unspecified atom stereocenters. The second-order valence-corrected chi connectivity index (χ2v) is 8.93. The molecule has 0 saturated carbocycles. The van der Waals surface area contributed by atoms with E-state index in [0.29, 0.717) is 18.0 Å². The van der Waals surface area contributed by atoms with Gasteiger partial charge in [0.2, 0.25) is 10.0 Å². The average molecular weight is 415 g/mol. The van der Waals surface area contributed by atoms with Crippen LogP contribution < -0.4 is 0 Å². The highest BCUT2D eigenvalue weighted by Crippen LogP contribution is 2.21. The number of hydrogen-bond donors (Lipinski definition) is 0. The molecule has 26 heavy (non-hydrogen) atoms. The molecule has 1 aliphatic rings. The maximum atomic E-state index is 12.9. The molecule has 0 bridgehead atoms. The van der Waals surface area contributed by atoms with E-state index in [1.165, 1.54) is 0 Å². The van der Waals surface area contributed by atoms with Gasteiger partial charge in [-0.3, -0.25) is 4.90 Å².